The third kappa shape index (κ3) is 6.59. The fraction of sp³-hybridized carbons (Fsp3) is 0.385. The predicted octanol–water partition coefficient (Wildman–Crippen LogP) is 5.76. The number of hydrogen-bond acceptors (Lipinski definition) is 5. The van der Waals surface area contributed by atoms with Crippen molar-refractivity contribution in [3.05, 3.63) is 70.8 Å². The fourth-order valence-electron chi connectivity index (χ4n) is 4.26. The van der Waals surface area contributed by atoms with Crippen LogP contribution in [0.25, 0.3) is 0 Å². The van der Waals surface area contributed by atoms with E-state index in [1.807, 2.05) is 0 Å². The normalized spacial score (nSPS) is 18.1. The molecule has 1 N–H and O–H groups in total. The van der Waals surface area contributed by atoms with Crippen molar-refractivity contribution < 1.29 is 50.1 Å². The first kappa shape index (κ1) is 28.9. The third-order valence-corrected chi connectivity index (χ3v) is 6.02. The Balaban J connectivity index is 1.84. The molecule has 0 spiro atoms. The standard InChI is InChI=1S/C26H25F6NO5/c1-4-38-24(35)22(15-6-8-20(36-2)21(12-15)37-3)14-5-7-19(11-14)33-23(34)16-9-17(25(27,28)29)13-18(10-16)26(30,31)32/h5-10,12-14,19,22H,4,11H2,1-3H3,(H,33,34)/t14-,19+,22+/m1/s1. The Kier molecular flexibility index (Phi) is 8.63. The van der Waals surface area contributed by atoms with Gasteiger partial charge in [-0.15, -0.1) is 0 Å². The van der Waals surface area contributed by atoms with Gasteiger partial charge in [0.05, 0.1) is 37.9 Å². The predicted molar refractivity (Wildman–Crippen MR) is 124 cm³/mol. The summed E-state index contributed by atoms with van der Waals surface area (Å²) < 4.78 is 94.8. The maximum absolute atomic E-state index is 13.2. The number of halogens is 6. The van der Waals surface area contributed by atoms with E-state index in [4.69, 9.17) is 14.2 Å². The monoisotopic (exact) mass is 545 g/mol. The van der Waals surface area contributed by atoms with Crippen LogP contribution in [0.4, 0.5) is 26.3 Å². The molecule has 6 nitrogen and oxygen atoms in total. The number of esters is 1. The number of alkyl halides is 6. The van der Waals surface area contributed by atoms with Gasteiger partial charge in [0.1, 0.15) is 0 Å². The van der Waals surface area contributed by atoms with Crippen molar-refractivity contribution in [2.75, 3.05) is 20.8 Å². The molecule has 0 aromatic heterocycles. The van der Waals surface area contributed by atoms with E-state index in [2.05, 4.69) is 5.32 Å². The van der Waals surface area contributed by atoms with Crippen molar-refractivity contribution in [1.29, 1.82) is 0 Å². The Morgan fingerprint density at radius 1 is 0.921 bits per heavy atom. The largest absolute Gasteiger partial charge is 0.493 e. The second-order valence-electron chi connectivity index (χ2n) is 8.50. The van der Waals surface area contributed by atoms with E-state index in [1.54, 1.807) is 31.2 Å². The molecule has 0 heterocycles. The highest BCUT2D eigenvalue weighted by molar-refractivity contribution is 5.95. The van der Waals surface area contributed by atoms with Crippen LogP contribution in [-0.4, -0.2) is 38.7 Å². The first-order valence-electron chi connectivity index (χ1n) is 11.5. The average Bonchev–Trinajstić information content (AvgIpc) is 3.30. The minimum absolute atomic E-state index is 0.0463. The van der Waals surface area contributed by atoms with Gasteiger partial charge in [0.15, 0.2) is 11.5 Å². The van der Waals surface area contributed by atoms with Gasteiger partial charge < -0.3 is 19.5 Å². The number of methoxy groups -OCH3 is 2. The summed E-state index contributed by atoms with van der Waals surface area (Å²) in [5.74, 6) is -2.17. The lowest BCUT2D eigenvalue weighted by Gasteiger charge is -2.23. The van der Waals surface area contributed by atoms with Gasteiger partial charge >= 0.3 is 18.3 Å². The van der Waals surface area contributed by atoms with Gasteiger partial charge in [-0.1, -0.05) is 18.2 Å². The van der Waals surface area contributed by atoms with Gasteiger partial charge in [-0.05, 0) is 55.2 Å². The summed E-state index contributed by atoms with van der Waals surface area (Å²) in [4.78, 5) is 25.6. The maximum atomic E-state index is 13.2. The summed E-state index contributed by atoms with van der Waals surface area (Å²) in [6, 6.07) is 4.82. The molecule has 0 radical (unpaired) electrons. The van der Waals surface area contributed by atoms with E-state index in [0.717, 1.165) is 0 Å². The van der Waals surface area contributed by atoms with Crippen LogP contribution in [0.1, 0.15) is 46.3 Å². The van der Waals surface area contributed by atoms with Crippen molar-refractivity contribution in [2.45, 2.75) is 37.7 Å². The first-order chi connectivity index (χ1) is 17.8. The maximum Gasteiger partial charge on any atom is 0.416 e. The lowest BCUT2D eigenvalue weighted by Crippen LogP contribution is -2.34. The number of ether oxygens (including phenoxy) is 3. The molecule has 3 atom stereocenters. The number of carbonyl (C=O) groups is 2. The van der Waals surface area contributed by atoms with Crippen LogP contribution in [0.15, 0.2) is 48.6 Å². The van der Waals surface area contributed by atoms with Crippen molar-refractivity contribution in [3.8, 4) is 11.5 Å². The van der Waals surface area contributed by atoms with E-state index in [0.29, 0.717) is 29.2 Å². The quantitative estimate of drug-likeness (QED) is 0.259. The molecular weight excluding hydrogens is 520 g/mol. The molecule has 1 aliphatic carbocycles. The number of hydrogen-bond donors (Lipinski definition) is 1. The summed E-state index contributed by atoms with van der Waals surface area (Å²) in [6.07, 6.45) is -6.83. The topological polar surface area (TPSA) is 73.9 Å². The van der Waals surface area contributed by atoms with Gasteiger partial charge in [-0.2, -0.15) is 26.3 Å². The molecule has 0 saturated heterocycles. The lowest BCUT2D eigenvalue weighted by molar-refractivity contribution is -0.146. The van der Waals surface area contributed by atoms with Crippen molar-refractivity contribution in [2.24, 2.45) is 5.92 Å². The van der Waals surface area contributed by atoms with Crippen LogP contribution in [0, 0.1) is 5.92 Å². The number of rotatable bonds is 8. The molecule has 0 bridgehead atoms. The molecule has 1 amide bonds. The zero-order valence-electron chi connectivity index (χ0n) is 20.6. The molecule has 38 heavy (non-hydrogen) atoms. The first-order valence-corrected chi connectivity index (χ1v) is 11.5. The number of amides is 1. The third-order valence-electron chi connectivity index (χ3n) is 6.02. The van der Waals surface area contributed by atoms with Crippen LogP contribution in [-0.2, 0) is 21.9 Å². The van der Waals surface area contributed by atoms with E-state index in [9.17, 15) is 35.9 Å². The van der Waals surface area contributed by atoms with Gasteiger partial charge in [-0.25, -0.2) is 0 Å². The van der Waals surface area contributed by atoms with E-state index in [-0.39, 0.29) is 19.1 Å². The average molecular weight is 545 g/mol. The van der Waals surface area contributed by atoms with Crippen molar-refractivity contribution in [1.82, 2.24) is 5.32 Å². The fourth-order valence-corrected chi connectivity index (χ4v) is 4.26. The summed E-state index contributed by atoms with van der Waals surface area (Å²) in [6.45, 7) is 1.75. The van der Waals surface area contributed by atoms with Crippen LogP contribution >= 0.6 is 0 Å². The molecular formula is C26H25F6NO5. The van der Waals surface area contributed by atoms with Gasteiger partial charge in [0.2, 0.25) is 0 Å². The smallest absolute Gasteiger partial charge is 0.416 e. The minimum atomic E-state index is -5.08. The molecule has 3 rings (SSSR count). The van der Waals surface area contributed by atoms with E-state index >= 15 is 0 Å². The van der Waals surface area contributed by atoms with E-state index < -0.39 is 58.8 Å². The number of nitrogens with one attached hydrogen (secondary N) is 1. The molecule has 12 heteroatoms. The Morgan fingerprint density at radius 3 is 2.05 bits per heavy atom. The van der Waals surface area contributed by atoms with Crippen LogP contribution in [0.5, 0.6) is 11.5 Å². The zero-order valence-corrected chi connectivity index (χ0v) is 20.6. The summed E-state index contributed by atoms with van der Waals surface area (Å²) in [5.41, 5.74) is -3.43. The van der Waals surface area contributed by atoms with Crippen molar-refractivity contribution >= 4 is 11.9 Å². The van der Waals surface area contributed by atoms with Crippen LogP contribution in [0.3, 0.4) is 0 Å². The number of allylic oxidation sites excluding steroid dienone is 1. The second-order valence-corrected chi connectivity index (χ2v) is 8.50. The zero-order chi connectivity index (χ0) is 28.3. The molecule has 0 unspecified atom stereocenters. The Morgan fingerprint density at radius 2 is 1.53 bits per heavy atom. The van der Waals surface area contributed by atoms with Crippen LogP contribution < -0.4 is 14.8 Å². The van der Waals surface area contributed by atoms with Crippen molar-refractivity contribution in [3.63, 3.8) is 0 Å². The SMILES string of the molecule is CCOC(=O)[C@H](c1ccc(OC)c(OC)c1)[C@@H]1C=C[C@H](NC(=O)c2cc(C(F)(F)F)cc(C(F)(F)F)c2)C1. The van der Waals surface area contributed by atoms with Gasteiger partial charge in [0, 0.05) is 11.6 Å². The molecule has 0 aliphatic heterocycles. The molecule has 2 aromatic carbocycles. The molecule has 0 fully saturated rings. The Hall–Kier alpha value is -3.70. The number of carbonyl (C=O) groups excluding carboxylic acids is 2. The summed E-state index contributed by atoms with van der Waals surface area (Å²) in [5, 5.41) is 2.44. The molecule has 0 saturated carbocycles. The Bertz CT molecular complexity index is 1180. The Labute approximate surface area is 214 Å². The van der Waals surface area contributed by atoms with E-state index in [1.165, 1.54) is 20.3 Å². The highest BCUT2D eigenvalue weighted by Gasteiger charge is 2.38. The highest BCUT2D eigenvalue weighted by Crippen LogP contribution is 2.39. The molecule has 206 valence electrons. The van der Waals surface area contributed by atoms with Crippen LogP contribution in [0.2, 0.25) is 0 Å². The van der Waals surface area contributed by atoms with Gasteiger partial charge in [0.25, 0.3) is 5.91 Å². The lowest BCUT2D eigenvalue weighted by atomic mass is 9.85. The number of benzene rings is 2. The second kappa shape index (κ2) is 11.4. The van der Waals surface area contributed by atoms with Gasteiger partial charge in [-0.3, -0.25) is 9.59 Å². The minimum Gasteiger partial charge on any atom is -0.493 e. The molecule has 1 aliphatic rings. The molecule has 2 aromatic rings. The summed E-state index contributed by atoms with van der Waals surface area (Å²) in [7, 11) is 2.88. The summed E-state index contributed by atoms with van der Waals surface area (Å²) >= 11 is 0. The highest BCUT2D eigenvalue weighted by atomic mass is 19.4.